The van der Waals surface area contributed by atoms with Crippen molar-refractivity contribution in [1.29, 1.82) is 0 Å². The van der Waals surface area contributed by atoms with Crippen LogP contribution in [-0.2, 0) is 19.6 Å². The van der Waals surface area contributed by atoms with Gasteiger partial charge >= 0.3 is 0 Å². The number of hydrogen-bond acceptors (Lipinski definition) is 7. The summed E-state index contributed by atoms with van der Waals surface area (Å²) in [4.78, 5) is 15.3. The summed E-state index contributed by atoms with van der Waals surface area (Å²) in [6.07, 6.45) is 7.35. The molecule has 1 aliphatic rings. The van der Waals surface area contributed by atoms with Crippen LogP contribution in [0.1, 0.15) is 11.4 Å². The lowest BCUT2D eigenvalue weighted by atomic mass is 10.1. The number of imidazole rings is 1. The lowest BCUT2D eigenvalue weighted by Gasteiger charge is -2.36. The van der Waals surface area contributed by atoms with E-state index in [0.717, 1.165) is 33.7 Å². The molecule has 1 unspecified atom stereocenters. The Labute approximate surface area is 174 Å². The van der Waals surface area contributed by atoms with Crippen LogP contribution in [0.25, 0.3) is 10.8 Å². The van der Waals surface area contributed by atoms with E-state index in [9.17, 15) is 5.11 Å². The Morgan fingerprint density at radius 1 is 1.07 bits per heavy atom. The fourth-order valence-corrected chi connectivity index (χ4v) is 3.96. The molecule has 0 bridgehead atoms. The number of anilines is 3. The van der Waals surface area contributed by atoms with Crippen LogP contribution in [0.2, 0.25) is 0 Å². The molecular formula is C22H23N7O. The molecule has 8 heteroatoms. The highest BCUT2D eigenvalue weighted by molar-refractivity contribution is 5.99. The minimum Gasteiger partial charge on any atom is -0.394 e. The zero-order chi connectivity index (χ0) is 20.5. The Morgan fingerprint density at radius 3 is 2.83 bits per heavy atom. The number of nitrogen functional groups attached to an aromatic ring is 1. The molecule has 1 aromatic carbocycles. The van der Waals surface area contributed by atoms with Crippen molar-refractivity contribution in [3.63, 3.8) is 0 Å². The second-order valence-electron chi connectivity index (χ2n) is 7.44. The third kappa shape index (κ3) is 3.31. The number of nitrogens with two attached hydrogens (primary N) is 1. The molecule has 3 aromatic heterocycles. The van der Waals surface area contributed by atoms with Gasteiger partial charge in [-0.15, -0.1) is 0 Å². The van der Waals surface area contributed by atoms with Gasteiger partial charge in [-0.3, -0.25) is 0 Å². The summed E-state index contributed by atoms with van der Waals surface area (Å²) in [6.45, 7) is 2.05. The van der Waals surface area contributed by atoms with Gasteiger partial charge in [-0.25, -0.2) is 15.0 Å². The molecule has 8 nitrogen and oxygen atoms in total. The average molecular weight is 401 g/mol. The lowest BCUT2D eigenvalue weighted by molar-refractivity contribution is 0.235. The molecule has 0 fully saturated rings. The van der Waals surface area contributed by atoms with Crippen molar-refractivity contribution in [2.75, 3.05) is 22.6 Å². The van der Waals surface area contributed by atoms with Crippen molar-refractivity contribution in [2.24, 2.45) is 0 Å². The zero-order valence-electron chi connectivity index (χ0n) is 16.4. The normalized spacial score (nSPS) is 15.9. The van der Waals surface area contributed by atoms with Crippen LogP contribution in [-0.4, -0.2) is 37.3 Å². The molecule has 1 aliphatic heterocycles. The van der Waals surface area contributed by atoms with Crippen molar-refractivity contribution in [3.05, 3.63) is 72.6 Å². The van der Waals surface area contributed by atoms with Gasteiger partial charge < -0.3 is 25.6 Å². The summed E-state index contributed by atoms with van der Waals surface area (Å²) >= 11 is 0. The molecule has 0 saturated carbocycles. The number of nitrogens with zero attached hydrogens (tertiary/aromatic N) is 5. The molecule has 4 N–H and O–H groups in total. The average Bonchev–Trinajstić information content (AvgIpc) is 3.25. The summed E-state index contributed by atoms with van der Waals surface area (Å²) < 4.78 is 2.09. The number of hydrogen-bond donors (Lipinski definition) is 3. The number of rotatable bonds is 5. The van der Waals surface area contributed by atoms with Crippen LogP contribution in [0.3, 0.4) is 0 Å². The fourth-order valence-electron chi connectivity index (χ4n) is 3.96. The number of aliphatic hydroxyl groups is 1. The van der Waals surface area contributed by atoms with Crippen molar-refractivity contribution in [2.45, 2.75) is 25.7 Å². The van der Waals surface area contributed by atoms with Gasteiger partial charge in [0.05, 0.1) is 19.2 Å². The molecule has 4 heterocycles. The van der Waals surface area contributed by atoms with Gasteiger partial charge in [-0.2, -0.15) is 0 Å². The van der Waals surface area contributed by atoms with Crippen LogP contribution in [0, 0.1) is 0 Å². The molecule has 152 valence electrons. The lowest BCUT2D eigenvalue weighted by Crippen LogP contribution is -2.45. The molecule has 4 aromatic rings. The number of pyridine rings is 2. The van der Waals surface area contributed by atoms with Gasteiger partial charge in [-0.05, 0) is 23.8 Å². The second kappa shape index (κ2) is 7.64. The predicted octanol–water partition coefficient (Wildman–Crippen LogP) is 2.40. The first-order chi connectivity index (χ1) is 14.7. The first kappa shape index (κ1) is 18.4. The zero-order valence-corrected chi connectivity index (χ0v) is 16.4. The third-order valence-electron chi connectivity index (χ3n) is 5.60. The predicted molar refractivity (Wildman–Crippen MR) is 117 cm³/mol. The molecule has 1 atom stereocenters. The highest BCUT2D eigenvalue weighted by atomic mass is 16.3. The number of fused-ring (bicyclic) bond motifs is 2. The van der Waals surface area contributed by atoms with E-state index >= 15 is 0 Å². The molecule has 0 aliphatic carbocycles. The van der Waals surface area contributed by atoms with E-state index in [1.54, 1.807) is 12.4 Å². The van der Waals surface area contributed by atoms with E-state index < -0.39 is 0 Å². The van der Waals surface area contributed by atoms with E-state index in [1.807, 2.05) is 42.7 Å². The largest absolute Gasteiger partial charge is 0.394 e. The second-order valence-corrected chi connectivity index (χ2v) is 7.44. The molecule has 0 amide bonds. The Hall–Kier alpha value is -3.65. The summed E-state index contributed by atoms with van der Waals surface area (Å²) in [7, 11) is 0. The van der Waals surface area contributed by atoms with Gasteiger partial charge in [0.25, 0.3) is 0 Å². The van der Waals surface area contributed by atoms with E-state index in [1.165, 1.54) is 0 Å². The first-order valence-electron chi connectivity index (χ1n) is 9.92. The Morgan fingerprint density at radius 2 is 2.00 bits per heavy atom. The highest BCUT2D eigenvalue weighted by Gasteiger charge is 2.27. The van der Waals surface area contributed by atoms with Gasteiger partial charge in [0.1, 0.15) is 17.5 Å². The maximum absolute atomic E-state index is 9.83. The van der Waals surface area contributed by atoms with Gasteiger partial charge in [-0.1, -0.05) is 18.2 Å². The maximum atomic E-state index is 9.83. The van der Waals surface area contributed by atoms with E-state index in [-0.39, 0.29) is 12.6 Å². The highest BCUT2D eigenvalue weighted by Crippen LogP contribution is 2.27. The van der Waals surface area contributed by atoms with Crippen LogP contribution in [0.5, 0.6) is 0 Å². The molecular weight excluding hydrogens is 378 g/mol. The monoisotopic (exact) mass is 401 g/mol. The number of aromatic nitrogens is 4. The summed E-state index contributed by atoms with van der Waals surface area (Å²) in [6, 6.07) is 12.0. The van der Waals surface area contributed by atoms with Crippen molar-refractivity contribution in [3.8, 4) is 0 Å². The van der Waals surface area contributed by atoms with Crippen molar-refractivity contribution in [1.82, 2.24) is 19.5 Å². The van der Waals surface area contributed by atoms with Crippen LogP contribution in [0.4, 0.5) is 17.3 Å². The van der Waals surface area contributed by atoms with E-state index in [2.05, 4.69) is 35.8 Å². The fraction of sp³-hybridized carbons (Fsp3) is 0.227. The van der Waals surface area contributed by atoms with Gasteiger partial charge in [0, 0.05) is 54.3 Å². The quantitative estimate of drug-likeness (QED) is 0.472. The third-order valence-corrected chi connectivity index (χ3v) is 5.60. The maximum Gasteiger partial charge on any atom is 0.131 e. The Bertz CT molecular complexity index is 1170. The van der Waals surface area contributed by atoms with Crippen LogP contribution >= 0.6 is 0 Å². The summed E-state index contributed by atoms with van der Waals surface area (Å²) in [5.41, 5.74) is 8.06. The van der Waals surface area contributed by atoms with Gasteiger partial charge in [0.2, 0.25) is 0 Å². The molecule has 0 saturated heterocycles. The van der Waals surface area contributed by atoms with Crippen molar-refractivity contribution >= 4 is 28.1 Å². The molecule has 0 spiro atoms. The first-order valence-corrected chi connectivity index (χ1v) is 9.92. The van der Waals surface area contributed by atoms with Gasteiger partial charge in [0.15, 0.2) is 0 Å². The van der Waals surface area contributed by atoms with Crippen LogP contribution < -0.4 is 16.0 Å². The van der Waals surface area contributed by atoms with Crippen molar-refractivity contribution < 1.29 is 5.11 Å². The smallest absolute Gasteiger partial charge is 0.131 e. The molecule has 5 rings (SSSR count). The summed E-state index contributed by atoms with van der Waals surface area (Å²) in [5.74, 6) is 2.36. The minimum absolute atomic E-state index is 0.0158. The SMILES string of the molecule is Nc1nccc2c(NCc3ccc(N4Cc5nccn5CC4CO)nc3)cccc12. The Kier molecular flexibility index (Phi) is 4.68. The van der Waals surface area contributed by atoms with E-state index in [0.29, 0.717) is 25.5 Å². The topological polar surface area (TPSA) is 105 Å². The molecule has 0 radical (unpaired) electrons. The standard InChI is InChI=1S/C22H23N7O/c23-22-18-2-1-3-19(17(18)6-7-25-22)26-10-15-4-5-20(27-11-15)29-13-21-24-8-9-28(21)12-16(29)14-30/h1-9,11,16,26,30H,10,12-14H2,(H2,23,25). The van der Waals surface area contributed by atoms with Crippen LogP contribution in [0.15, 0.2) is 61.2 Å². The molecule has 30 heavy (non-hydrogen) atoms. The number of nitrogens with one attached hydrogen (secondary N) is 1. The van der Waals surface area contributed by atoms with E-state index in [4.69, 9.17) is 5.73 Å². The Balaban J connectivity index is 1.32. The number of aliphatic hydroxyl groups excluding tert-OH is 1. The summed E-state index contributed by atoms with van der Waals surface area (Å²) in [5, 5.41) is 15.3. The number of benzene rings is 1. The minimum atomic E-state index is -0.0158.